The molecule has 1 saturated heterocycles. The van der Waals surface area contributed by atoms with Crippen LogP contribution in [0.1, 0.15) is 17.0 Å². The standard InChI is InChI=1S/C16H12N4O7/c1-26-5-2-3-7-6(4-5)8(9-11(21)17-15(24)18-12(9)22)10-13(23)19-16(25)20-14(10)27-7/h2-4,8-9H,1H3,(H2,19,20,23,25)(H2,17,18,21,22,24). The van der Waals surface area contributed by atoms with Crippen molar-refractivity contribution in [3.05, 3.63) is 50.2 Å². The number of carbonyl (C=O) groups is 3. The number of carbonyl (C=O) groups excluding carboxylic acids is 3. The number of rotatable bonds is 2. The molecule has 2 aromatic rings. The van der Waals surface area contributed by atoms with Crippen LogP contribution >= 0.6 is 0 Å². The number of fused-ring (bicyclic) bond motifs is 2. The molecule has 11 nitrogen and oxygen atoms in total. The Hall–Kier alpha value is -3.89. The van der Waals surface area contributed by atoms with E-state index in [1.165, 1.54) is 19.2 Å². The molecule has 0 saturated carbocycles. The van der Waals surface area contributed by atoms with Crippen LogP contribution in [-0.2, 0) is 9.59 Å². The number of nitrogens with one attached hydrogen (secondary N) is 4. The van der Waals surface area contributed by atoms with Crippen LogP contribution in [0.2, 0.25) is 0 Å². The highest BCUT2D eigenvalue weighted by Crippen LogP contribution is 2.46. The SMILES string of the molecule is COc1ccc2c(c1)C(C1C(=O)NC(=O)NC1=O)c1c([nH]c(=O)[nH]c1=O)O2. The van der Waals surface area contributed by atoms with Crippen molar-refractivity contribution in [3.63, 3.8) is 0 Å². The number of urea groups is 1. The first-order valence-corrected chi connectivity index (χ1v) is 7.77. The zero-order valence-electron chi connectivity index (χ0n) is 13.7. The lowest BCUT2D eigenvalue weighted by Crippen LogP contribution is -2.58. The second-order valence-electron chi connectivity index (χ2n) is 5.92. The third-order valence-corrected chi connectivity index (χ3v) is 4.39. The van der Waals surface area contributed by atoms with Crippen LogP contribution in [0.25, 0.3) is 0 Å². The molecule has 0 spiro atoms. The lowest BCUT2D eigenvalue weighted by Gasteiger charge is -2.32. The van der Waals surface area contributed by atoms with E-state index in [9.17, 15) is 24.0 Å². The number of imide groups is 2. The molecule has 0 aliphatic carbocycles. The van der Waals surface area contributed by atoms with Gasteiger partial charge >= 0.3 is 11.7 Å². The Morgan fingerprint density at radius 2 is 1.67 bits per heavy atom. The van der Waals surface area contributed by atoms with Gasteiger partial charge in [-0.1, -0.05) is 0 Å². The van der Waals surface area contributed by atoms with E-state index in [0.717, 1.165) is 0 Å². The van der Waals surface area contributed by atoms with Gasteiger partial charge in [0.05, 0.1) is 12.7 Å². The van der Waals surface area contributed by atoms with Gasteiger partial charge in [-0.3, -0.25) is 35.0 Å². The molecule has 0 bridgehead atoms. The molecule has 1 atom stereocenters. The maximum atomic E-state index is 12.5. The summed E-state index contributed by atoms with van der Waals surface area (Å²) >= 11 is 0. The fourth-order valence-corrected chi connectivity index (χ4v) is 3.27. The zero-order valence-corrected chi connectivity index (χ0v) is 13.7. The van der Waals surface area contributed by atoms with Crippen molar-refractivity contribution in [1.29, 1.82) is 0 Å². The number of methoxy groups -OCH3 is 1. The molecule has 2 aliphatic rings. The molecule has 0 radical (unpaired) electrons. The van der Waals surface area contributed by atoms with Gasteiger partial charge in [-0.05, 0) is 18.2 Å². The number of hydrogen-bond acceptors (Lipinski definition) is 7. The van der Waals surface area contributed by atoms with Crippen LogP contribution in [0.4, 0.5) is 4.79 Å². The van der Waals surface area contributed by atoms with Crippen LogP contribution in [0, 0.1) is 5.92 Å². The molecule has 138 valence electrons. The predicted molar refractivity (Wildman–Crippen MR) is 87.8 cm³/mol. The number of amides is 4. The van der Waals surface area contributed by atoms with E-state index in [1.807, 2.05) is 10.6 Å². The van der Waals surface area contributed by atoms with Gasteiger partial charge in [0.2, 0.25) is 17.7 Å². The first-order chi connectivity index (χ1) is 12.9. The average molecular weight is 372 g/mol. The second-order valence-corrected chi connectivity index (χ2v) is 5.92. The third-order valence-electron chi connectivity index (χ3n) is 4.39. The molecular weight excluding hydrogens is 360 g/mol. The second kappa shape index (κ2) is 5.83. The quantitative estimate of drug-likeness (QED) is 0.507. The third kappa shape index (κ3) is 2.56. The lowest BCUT2D eigenvalue weighted by atomic mass is 9.78. The maximum Gasteiger partial charge on any atom is 0.328 e. The Balaban J connectivity index is 1.98. The fraction of sp³-hybridized carbons (Fsp3) is 0.188. The number of aromatic amines is 2. The molecule has 4 amide bonds. The molecule has 27 heavy (non-hydrogen) atoms. The number of hydrogen-bond donors (Lipinski definition) is 4. The Morgan fingerprint density at radius 1 is 0.963 bits per heavy atom. The molecule has 1 aromatic heterocycles. The van der Waals surface area contributed by atoms with Gasteiger partial charge in [0.25, 0.3) is 5.56 Å². The summed E-state index contributed by atoms with van der Waals surface area (Å²) in [4.78, 5) is 64.7. The zero-order chi connectivity index (χ0) is 19.3. The number of benzene rings is 1. The highest BCUT2D eigenvalue weighted by atomic mass is 16.5. The van der Waals surface area contributed by atoms with E-state index in [-0.39, 0.29) is 17.2 Å². The van der Waals surface area contributed by atoms with Crippen molar-refractivity contribution in [2.45, 2.75) is 5.92 Å². The molecule has 1 unspecified atom stereocenters. The molecule has 1 aromatic carbocycles. The minimum absolute atomic E-state index is 0.111. The van der Waals surface area contributed by atoms with Crippen molar-refractivity contribution >= 4 is 17.8 Å². The Morgan fingerprint density at radius 3 is 2.33 bits per heavy atom. The van der Waals surface area contributed by atoms with E-state index < -0.39 is 40.9 Å². The van der Waals surface area contributed by atoms with Crippen LogP contribution < -0.4 is 31.4 Å². The number of H-pyrrole nitrogens is 2. The average Bonchev–Trinajstić information content (AvgIpc) is 2.59. The normalized spacial score (nSPS) is 18.7. The van der Waals surface area contributed by atoms with Crippen molar-refractivity contribution in [3.8, 4) is 17.4 Å². The molecule has 1 fully saturated rings. The molecular formula is C16H12N4O7. The summed E-state index contributed by atoms with van der Waals surface area (Å²) in [6.07, 6.45) is 0. The predicted octanol–water partition coefficient (Wildman–Crippen LogP) is -0.708. The lowest BCUT2D eigenvalue weighted by molar-refractivity contribution is -0.136. The van der Waals surface area contributed by atoms with Crippen molar-refractivity contribution in [2.24, 2.45) is 5.92 Å². The van der Waals surface area contributed by atoms with Gasteiger partial charge in [-0.25, -0.2) is 9.59 Å². The summed E-state index contributed by atoms with van der Waals surface area (Å²) in [7, 11) is 1.43. The van der Waals surface area contributed by atoms with Crippen molar-refractivity contribution < 1.29 is 23.9 Å². The van der Waals surface area contributed by atoms with Gasteiger partial charge in [0.15, 0.2) is 0 Å². The molecule has 4 N–H and O–H groups in total. The first-order valence-electron chi connectivity index (χ1n) is 7.77. The summed E-state index contributed by atoms with van der Waals surface area (Å²) < 4.78 is 10.8. The summed E-state index contributed by atoms with van der Waals surface area (Å²) in [6.45, 7) is 0. The highest BCUT2D eigenvalue weighted by molar-refractivity contribution is 6.17. The van der Waals surface area contributed by atoms with Gasteiger partial charge < -0.3 is 9.47 Å². The summed E-state index contributed by atoms with van der Waals surface area (Å²) in [6, 6.07) is 3.67. The van der Waals surface area contributed by atoms with E-state index in [1.54, 1.807) is 6.07 Å². The van der Waals surface area contributed by atoms with Crippen LogP contribution in [0.3, 0.4) is 0 Å². The van der Waals surface area contributed by atoms with Gasteiger partial charge in [0, 0.05) is 11.5 Å². The van der Waals surface area contributed by atoms with Gasteiger partial charge in [-0.2, -0.15) is 0 Å². The minimum atomic E-state index is -1.44. The minimum Gasteiger partial charge on any atom is -0.497 e. The Kier molecular flexibility index (Phi) is 3.58. The van der Waals surface area contributed by atoms with Crippen molar-refractivity contribution in [1.82, 2.24) is 20.6 Å². The topological polar surface area (TPSA) is 159 Å². The first kappa shape index (κ1) is 16.6. The van der Waals surface area contributed by atoms with Crippen LogP contribution in [-0.4, -0.2) is 34.9 Å². The smallest absolute Gasteiger partial charge is 0.328 e. The Bertz CT molecular complexity index is 1100. The molecule has 4 rings (SSSR count). The molecule has 3 heterocycles. The van der Waals surface area contributed by atoms with Crippen LogP contribution in [0.15, 0.2) is 27.8 Å². The van der Waals surface area contributed by atoms with Crippen LogP contribution in [0.5, 0.6) is 17.4 Å². The van der Waals surface area contributed by atoms with E-state index in [4.69, 9.17) is 9.47 Å². The van der Waals surface area contributed by atoms with E-state index in [2.05, 4.69) is 9.97 Å². The molecule has 11 heteroatoms. The van der Waals surface area contributed by atoms with Gasteiger partial charge in [-0.15, -0.1) is 0 Å². The fourth-order valence-electron chi connectivity index (χ4n) is 3.27. The summed E-state index contributed by atoms with van der Waals surface area (Å²) in [5.41, 5.74) is -1.41. The Labute approximate surface area is 149 Å². The number of ether oxygens (including phenoxy) is 2. The largest absolute Gasteiger partial charge is 0.497 e. The van der Waals surface area contributed by atoms with Crippen molar-refractivity contribution in [2.75, 3.05) is 7.11 Å². The molecule has 2 aliphatic heterocycles. The van der Waals surface area contributed by atoms with E-state index in [0.29, 0.717) is 11.3 Å². The number of barbiturate groups is 1. The maximum absolute atomic E-state index is 12.5. The summed E-state index contributed by atoms with van der Waals surface area (Å²) in [5, 5.41) is 4.02. The number of aromatic nitrogens is 2. The van der Waals surface area contributed by atoms with Gasteiger partial charge in [0.1, 0.15) is 17.4 Å². The highest BCUT2D eigenvalue weighted by Gasteiger charge is 2.46. The monoisotopic (exact) mass is 372 g/mol. The summed E-state index contributed by atoms with van der Waals surface area (Å²) in [5.74, 6) is -3.85. The van der Waals surface area contributed by atoms with E-state index >= 15 is 0 Å².